The number of halogens is 2. The highest BCUT2D eigenvalue weighted by atomic mass is 19.3. The first kappa shape index (κ1) is 13.5. The maximum absolute atomic E-state index is 12.1. The van der Waals surface area contributed by atoms with Crippen molar-refractivity contribution in [2.24, 2.45) is 0 Å². The van der Waals surface area contributed by atoms with E-state index >= 15 is 0 Å². The van der Waals surface area contributed by atoms with E-state index in [1.807, 2.05) is 0 Å². The highest BCUT2D eigenvalue weighted by Crippen LogP contribution is 2.20. The highest BCUT2D eigenvalue weighted by molar-refractivity contribution is 6.04. The predicted octanol–water partition coefficient (Wildman–Crippen LogP) is 2.15. The number of ether oxygens (including phenoxy) is 1. The molecular formula is C13H14F2N2O2. The SMILES string of the molecule is CC(C(=O)Nc1cccc(OC(F)F)c1)=C1CNC1. The summed E-state index contributed by atoms with van der Waals surface area (Å²) in [5.41, 5.74) is 2.13. The Balaban J connectivity index is 2.04. The Labute approximate surface area is 109 Å². The molecule has 0 radical (unpaired) electrons. The molecule has 0 saturated carbocycles. The zero-order chi connectivity index (χ0) is 13.8. The maximum atomic E-state index is 12.1. The van der Waals surface area contributed by atoms with Crippen LogP contribution in [0.5, 0.6) is 5.75 Å². The molecule has 6 heteroatoms. The van der Waals surface area contributed by atoms with E-state index < -0.39 is 6.61 Å². The fourth-order valence-corrected chi connectivity index (χ4v) is 1.65. The largest absolute Gasteiger partial charge is 0.435 e. The molecule has 19 heavy (non-hydrogen) atoms. The van der Waals surface area contributed by atoms with Crippen molar-refractivity contribution < 1.29 is 18.3 Å². The van der Waals surface area contributed by atoms with Gasteiger partial charge in [0.1, 0.15) is 5.75 Å². The van der Waals surface area contributed by atoms with Crippen molar-refractivity contribution in [2.45, 2.75) is 13.5 Å². The van der Waals surface area contributed by atoms with Crippen molar-refractivity contribution in [3.05, 3.63) is 35.4 Å². The smallest absolute Gasteiger partial charge is 0.387 e. The number of anilines is 1. The van der Waals surface area contributed by atoms with Crippen LogP contribution in [0.1, 0.15) is 6.92 Å². The molecule has 0 bridgehead atoms. The third kappa shape index (κ3) is 3.51. The lowest BCUT2D eigenvalue weighted by Gasteiger charge is -2.21. The monoisotopic (exact) mass is 268 g/mol. The van der Waals surface area contributed by atoms with Crippen molar-refractivity contribution in [1.29, 1.82) is 0 Å². The minimum absolute atomic E-state index is 0.0171. The van der Waals surface area contributed by atoms with Crippen LogP contribution in [0.4, 0.5) is 14.5 Å². The van der Waals surface area contributed by atoms with Crippen LogP contribution in [0.2, 0.25) is 0 Å². The summed E-state index contributed by atoms with van der Waals surface area (Å²) in [4.78, 5) is 11.9. The van der Waals surface area contributed by atoms with Crippen LogP contribution in [0.25, 0.3) is 0 Å². The number of carbonyl (C=O) groups excluding carboxylic acids is 1. The van der Waals surface area contributed by atoms with Gasteiger partial charge in [0.15, 0.2) is 0 Å². The van der Waals surface area contributed by atoms with Crippen LogP contribution in [0.15, 0.2) is 35.4 Å². The first-order chi connectivity index (χ1) is 9.06. The summed E-state index contributed by atoms with van der Waals surface area (Å²) in [6, 6.07) is 5.93. The number of amides is 1. The van der Waals surface area contributed by atoms with Crippen LogP contribution in [-0.2, 0) is 4.79 Å². The van der Waals surface area contributed by atoms with Crippen LogP contribution in [-0.4, -0.2) is 25.6 Å². The van der Waals surface area contributed by atoms with E-state index in [1.54, 1.807) is 19.1 Å². The van der Waals surface area contributed by atoms with E-state index in [4.69, 9.17) is 0 Å². The predicted molar refractivity (Wildman–Crippen MR) is 67.3 cm³/mol. The van der Waals surface area contributed by atoms with Crippen molar-refractivity contribution in [3.63, 3.8) is 0 Å². The fraction of sp³-hybridized carbons (Fsp3) is 0.308. The average molecular weight is 268 g/mol. The molecule has 0 unspecified atom stereocenters. The van der Waals surface area contributed by atoms with E-state index in [0.717, 1.165) is 5.57 Å². The second-order valence-corrected chi connectivity index (χ2v) is 4.19. The van der Waals surface area contributed by atoms with Crippen molar-refractivity contribution in [2.75, 3.05) is 18.4 Å². The van der Waals surface area contributed by atoms with Gasteiger partial charge in [0, 0.05) is 30.4 Å². The minimum atomic E-state index is -2.88. The van der Waals surface area contributed by atoms with Gasteiger partial charge in [0.25, 0.3) is 5.91 Å². The number of hydrogen-bond acceptors (Lipinski definition) is 3. The van der Waals surface area contributed by atoms with Gasteiger partial charge in [-0.2, -0.15) is 8.78 Å². The Bertz CT molecular complexity index is 509. The lowest BCUT2D eigenvalue weighted by Crippen LogP contribution is -2.36. The normalized spacial score (nSPS) is 14.0. The second-order valence-electron chi connectivity index (χ2n) is 4.19. The molecule has 0 atom stereocenters. The molecule has 2 rings (SSSR count). The number of nitrogens with one attached hydrogen (secondary N) is 2. The minimum Gasteiger partial charge on any atom is -0.435 e. The molecule has 1 aliphatic heterocycles. The van der Waals surface area contributed by atoms with Crippen LogP contribution >= 0.6 is 0 Å². The molecule has 1 heterocycles. The molecule has 1 saturated heterocycles. The molecule has 0 spiro atoms. The second kappa shape index (κ2) is 5.79. The van der Waals surface area contributed by atoms with Crippen molar-refractivity contribution >= 4 is 11.6 Å². The molecular weight excluding hydrogens is 254 g/mol. The van der Waals surface area contributed by atoms with Gasteiger partial charge < -0.3 is 15.4 Å². The number of carbonyl (C=O) groups is 1. The van der Waals surface area contributed by atoms with Gasteiger partial charge in [-0.05, 0) is 24.6 Å². The lowest BCUT2D eigenvalue weighted by atomic mass is 10.0. The summed E-state index contributed by atoms with van der Waals surface area (Å²) in [6.07, 6.45) is 0. The van der Waals surface area contributed by atoms with Gasteiger partial charge in [-0.15, -0.1) is 0 Å². The third-order valence-corrected chi connectivity index (χ3v) is 2.86. The fourth-order valence-electron chi connectivity index (χ4n) is 1.65. The molecule has 0 aromatic heterocycles. The van der Waals surface area contributed by atoms with Gasteiger partial charge in [0.05, 0.1) is 0 Å². The van der Waals surface area contributed by atoms with Crippen LogP contribution < -0.4 is 15.4 Å². The van der Waals surface area contributed by atoms with Gasteiger partial charge in [-0.1, -0.05) is 6.07 Å². The zero-order valence-corrected chi connectivity index (χ0v) is 10.4. The van der Waals surface area contributed by atoms with Crippen LogP contribution in [0, 0.1) is 0 Å². The van der Waals surface area contributed by atoms with E-state index in [1.165, 1.54) is 12.1 Å². The summed E-state index contributed by atoms with van der Waals surface area (Å²) in [5.74, 6) is -0.214. The lowest BCUT2D eigenvalue weighted by molar-refractivity contribution is -0.112. The first-order valence-electron chi connectivity index (χ1n) is 5.82. The third-order valence-electron chi connectivity index (χ3n) is 2.86. The Morgan fingerprint density at radius 3 is 2.74 bits per heavy atom. The molecule has 2 N–H and O–H groups in total. The Morgan fingerprint density at radius 1 is 1.42 bits per heavy atom. The summed E-state index contributed by atoms with van der Waals surface area (Å²) in [6.45, 7) is 0.294. The average Bonchev–Trinajstić information content (AvgIpc) is 2.26. The molecule has 1 aliphatic rings. The van der Waals surface area contributed by atoms with Crippen LogP contribution in [0.3, 0.4) is 0 Å². The highest BCUT2D eigenvalue weighted by Gasteiger charge is 2.16. The molecule has 1 amide bonds. The van der Waals surface area contributed by atoms with Gasteiger partial charge in [0.2, 0.25) is 0 Å². The quantitative estimate of drug-likeness (QED) is 0.823. The molecule has 0 aliphatic carbocycles. The van der Waals surface area contributed by atoms with Gasteiger partial charge >= 0.3 is 6.61 Å². The summed E-state index contributed by atoms with van der Waals surface area (Å²) >= 11 is 0. The van der Waals surface area contributed by atoms with Gasteiger partial charge in [-0.25, -0.2) is 0 Å². The van der Waals surface area contributed by atoms with E-state index in [-0.39, 0.29) is 11.7 Å². The molecule has 102 valence electrons. The summed E-state index contributed by atoms with van der Waals surface area (Å²) < 4.78 is 28.4. The van der Waals surface area contributed by atoms with E-state index in [9.17, 15) is 13.6 Å². The van der Waals surface area contributed by atoms with E-state index in [0.29, 0.717) is 24.4 Å². The Kier molecular flexibility index (Phi) is 4.11. The maximum Gasteiger partial charge on any atom is 0.387 e. The zero-order valence-electron chi connectivity index (χ0n) is 10.4. The topological polar surface area (TPSA) is 50.4 Å². The molecule has 1 aromatic carbocycles. The van der Waals surface area contributed by atoms with Crippen molar-refractivity contribution in [3.8, 4) is 5.75 Å². The number of rotatable bonds is 4. The van der Waals surface area contributed by atoms with E-state index in [2.05, 4.69) is 15.4 Å². The van der Waals surface area contributed by atoms with Gasteiger partial charge in [-0.3, -0.25) is 4.79 Å². The van der Waals surface area contributed by atoms with Crippen molar-refractivity contribution in [1.82, 2.24) is 5.32 Å². The summed E-state index contributed by atoms with van der Waals surface area (Å²) in [7, 11) is 0. The molecule has 4 nitrogen and oxygen atoms in total. The molecule has 1 fully saturated rings. The standard InChI is InChI=1S/C13H14F2N2O2/c1-8(9-6-16-7-9)12(18)17-10-3-2-4-11(5-10)19-13(14)15/h2-5,13,16H,6-7H2,1H3,(H,17,18). The Morgan fingerprint density at radius 2 is 2.16 bits per heavy atom. The summed E-state index contributed by atoms with van der Waals surface area (Å²) in [5, 5.41) is 5.71. The number of alkyl halides is 2. The molecule has 1 aromatic rings. The first-order valence-corrected chi connectivity index (χ1v) is 5.82. The Hall–Kier alpha value is -1.95. The number of hydrogen-bond donors (Lipinski definition) is 2. The number of benzene rings is 1.